The Balaban J connectivity index is 2.41. The summed E-state index contributed by atoms with van der Waals surface area (Å²) >= 11 is 1.81. The lowest BCUT2D eigenvalue weighted by molar-refractivity contribution is 0.541. The lowest BCUT2D eigenvalue weighted by Gasteiger charge is -2.20. The van der Waals surface area contributed by atoms with E-state index in [2.05, 4.69) is 57.3 Å². The van der Waals surface area contributed by atoms with Crippen LogP contribution in [0.25, 0.3) is 10.4 Å². The highest BCUT2D eigenvalue weighted by molar-refractivity contribution is 7.13. The second kappa shape index (κ2) is 4.87. The summed E-state index contributed by atoms with van der Waals surface area (Å²) in [6.07, 6.45) is 0. The monoisotopic (exact) mass is 259 g/mol. The fourth-order valence-electron chi connectivity index (χ4n) is 2.08. The van der Waals surface area contributed by atoms with E-state index in [0.717, 1.165) is 0 Å². The molecule has 0 unspecified atom stereocenters. The maximum absolute atomic E-state index is 5.84. The van der Waals surface area contributed by atoms with E-state index in [1.807, 2.05) is 0 Å². The molecule has 1 aromatic carbocycles. The van der Waals surface area contributed by atoms with Gasteiger partial charge in [0.05, 0.1) is 0 Å². The van der Waals surface area contributed by atoms with Crippen molar-refractivity contribution in [2.75, 3.05) is 6.54 Å². The summed E-state index contributed by atoms with van der Waals surface area (Å²) in [6, 6.07) is 8.99. The lowest BCUT2D eigenvalue weighted by Crippen LogP contribution is -2.27. The summed E-state index contributed by atoms with van der Waals surface area (Å²) in [4.78, 5) is 1.33. The minimum absolute atomic E-state index is 0.0631. The maximum atomic E-state index is 5.84. The van der Waals surface area contributed by atoms with Gasteiger partial charge in [0.25, 0.3) is 0 Å². The molecule has 2 heteroatoms. The average Bonchev–Trinajstić information content (AvgIpc) is 2.77. The highest BCUT2D eigenvalue weighted by Crippen LogP contribution is 2.33. The van der Waals surface area contributed by atoms with Crippen molar-refractivity contribution >= 4 is 11.3 Å². The molecule has 1 heterocycles. The van der Waals surface area contributed by atoms with Crippen molar-refractivity contribution in [1.82, 2.24) is 0 Å². The molecule has 0 aliphatic carbocycles. The van der Waals surface area contributed by atoms with Gasteiger partial charge in [0.15, 0.2) is 0 Å². The number of nitrogens with two attached hydrogens (primary N) is 1. The largest absolute Gasteiger partial charge is 0.330 e. The van der Waals surface area contributed by atoms with Crippen LogP contribution in [-0.4, -0.2) is 6.54 Å². The van der Waals surface area contributed by atoms with E-state index in [4.69, 9.17) is 5.73 Å². The lowest BCUT2D eigenvalue weighted by atomic mass is 9.86. The van der Waals surface area contributed by atoms with Crippen molar-refractivity contribution in [3.63, 3.8) is 0 Å². The second-order valence-corrected chi connectivity index (χ2v) is 6.58. The SMILES string of the molecule is Cc1cc(C)cc(-c2cc(C(C)(C)CN)cs2)c1. The van der Waals surface area contributed by atoms with E-state index in [-0.39, 0.29) is 5.41 Å². The molecular formula is C16H21NS. The van der Waals surface area contributed by atoms with Gasteiger partial charge in [-0.2, -0.15) is 0 Å². The Morgan fingerprint density at radius 1 is 1.06 bits per heavy atom. The molecule has 0 amide bonds. The van der Waals surface area contributed by atoms with Crippen molar-refractivity contribution in [1.29, 1.82) is 0 Å². The van der Waals surface area contributed by atoms with E-state index < -0.39 is 0 Å². The summed E-state index contributed by atoms with van der Waals surface area (Å²) < 4.78 is 0. The van der Waals surface area contributed by atoms with Gasteiger partial charge >= 0.3 is 0 Å². The topological polar surface area (TPSA) is 26.0 Å². The first kappa shape index (κ1) is 13.3. The van der Waals surface area contributed by atoms with E-state index >= 15 is 0 Å². The van der Waals surface area contributed by atoms with Gasteiger partial charge in [-0.15, -0.1) is 11.3 Å². The summed E-state index contributed by atoms with van der Waals surface area (Å²) in [5, 5.41) is 2.24. The molecule has 2 N–H and O–H groups in total. The third-order valence-corrected chi connectivity index (χ3v) is 4.38. The Bertz CT molecular complexity index is 532. The third kappa shape index (κ3) is 2.65. The zero-order valence-corrected chi connectivity index (χ0v) is 12.4. The molecule has 0 saturated heterocycles. The van der Waals surface area contributed by atoms with E-state index in [1.165, 1.54) is 27.1 Å². The van der Waals surface area contributed by atoms with Crippen molar-refractivity contribution in [2.45, 2.75) is 33.1 Å². The van der Waals surface area contributed by atoms with E-state index in [0.29, 0.717) is 6.54 Å². The number of hydrogen-bond acceptors (Lipinski definition) is 2. The molecule has 0 radical (unpaired) electrons. The molecule has 96 valence electrons. The molecule has 0 saturated carbocycles. The molecule has 1 aromatic heterocycles. The van der Waals surface area contributed by atoms with Gasteiger partial charge in [0.2, 0.25) is 0 Å². The summed E-state index contributed by atoms with van der Waals surface area (Å²) in [6.45, 7) is 9.36. The van der Waals surface area contributed by atoms with Crippen LogP contribution in [0.2, 0.25) is 0 Å². The zero-order chi connectivity index (χ0) is 13.3. The number of thiophene rings is 1. The maximum Gasteiger partial charge on any atom is 0.0345 e. The highest BCUT2D eigenvalue weighted by Gasteiger charge is 2.20. The van der Waals surface area contributed by atoms with Gasteiger partial charge < -0.3 is 5.73 Å². The molecule has 0 atom stereocenters. The van der Waals surface area contributed by atoms with Crippen molar-refractivity contribution < 1.29 is 0 Å². The van der Waals surface area contributed by atoms with Crippen LogP contribution in [0.4, 0.5) is 0 Å². The number of hydrogen-bond donors (Lipinski definition) is 1. The van der Waals surface area contributed by atoms with Crippen LogP contribution < -0.4 is 5.73 Å². The van der Waals surface area contributed by atoms with Crippen molar-refractivity contribution in [2.24, 2.45) is 5.73 Å². The molecule has 2 aromatic rings. The average molecular weight is 259 g/mol. The fraction of sp³-hybridized carbons (Fsp3) is 0.375. The van der Waals surface area contributed by atoms with Crippen LogP contribution in [-0.2, 0) is 5.41 Å². The van der Waals surface area contributed by atoms with Gasteiger partial charge in [0, 0.05) is 16.8 Å². The minimum atomic E-state index is 0.0631. The number of aryl methyl sites for hydroxylation is 2. The number of benzene rings is 1. The van der Waals surface area contributed by atoms with Crippen LogP contribution in [0, 0.1) is 13.8 Å². The predicted octanol–water partition coefficient (Wildman–Crippen LogP) is 4.27. The van der Waals surface area contributed by atoms with Gasteiger partial charge in [0.1, 0.15) is 0 Å². The first-order valence-electron chi connectivity index (χ1n) is 6.30. The molecule has 0 spiro atoms. The normalized spacial score (nSPS) is 11.8. The van der Waals surface area contributed by atoms with Crippen LogP contribution in [0.3, 0.4) is 0 Å². The first-order chi connectivity index (χ1) is 8.42. The molecule has 0 bridgehead atoms. The predicted molar refractivity (Wildman–Crippen MR) is 81.3 cm³/mol. The summed E-state index contributed by atoms with van der Waals surface area (Å²) in [7, 11) is 0. The van der Waals surface area contributed by atoms with Crippen molar-refractivity contribution in [3.8, 4) is 10.4 Å². The van der Waals surface area contributed by atoms with Crippen LogP contribution in [0.5, 0.6) is 0 Å². The molecule has 0 fully saturated rings. The Morgan fingerprint density at radius 3 is 2.22 bits per heavy atom. The molecular weight excluding hydrogens is 238 g/mol. The highest BCUT2D eigenvalue weighted by atomic mass is 32.1. The second-order valence-electron chi connectivity index (χ2n) is 5.66. The standard InChI is InChI=1S/C16H21NS/c1-11-5-12(2)7-13(6-11)15-8-14(9-18-15)16(3,4)10-17/h5-9H,10,17H2,1-4H3. The molecule has 2 rings (SSSR count). The Hall–Kier alpha value is -1.12. The van der Waals surface area contributed by atoms with Crippen LogP contribution in [0.15, 0.2) is 29.6 Å². The molecule has 1 nitrogen and oxygen atoms in total. The molecule has 0 aliphatic rings. The van der Waals surface area contributed by atoms with Gasteiger partial charge in [-0.25, -0.2) is 0 Å². The van der Waals surface area contributed by atoms with Gasteiger partial charge in [-0.3, -0.25) is 0 Å². The Morgan fingerprint density at radius 2 is 1.67 bits per heavy atom. The van der Waals surface area contributed by atoms with E-state index in [1.54, 1.807) is 11.3 Å². The zero-order valence-electron chi connectivity index (χ0n) is 11.6. The van der Waals surface area contributed by atoms with Gasteiger partial charge in [-0.1, -0.05) is 43.2 Å². The van der Waals surface area contributed by atoms with Crippen molar-refractivity contribution in [3.05, 3.63) is 46.3 Å². The summed E-state index contributed by atoms with van der Waals surface area (Å²) in [5.41, 5.74) is 11.2. The van der Waals surface area contributed by atoms with Crippen LogP contribution in [0.1, 0.15) is 30.5 Å². The summed E-state index contributed by atoms with van der Waals surface area (Å²) in [5.74, 6) is 0. The molecule has 18 heavy (non-hydrogen) atoms. The number of rotatable bonds is 3. The third-order valence-electron chi connectivity index (χ3n) is 3.40. The van der Waals surface area contributed by atoms with Gasteiger partial charge in [-0.05, 0) is 36.4 Å². The quantitative estimate of drug-likeness (QED) is 0.875. The van der Waals surface area contributed by atoms with E-state index in [9.17, 15) is 0 Å². The minimum Gasteiger partial charge on any atom is -0.330 e. The fourth-order valence-corrected chi connectivity index (χ4v) is 3.17. The van der Waals surface area contributed by atoms with Crippen LogP contribution >= 0.6 is 11.3 Å². The molecule has 0 aliphatic heterocycles. The first-order valence-corrected chi connectivity index (χ1v) is 7.18. The Kier molecular flexibility index (Phi) is 3.60. The Labute approximate surface area is 114 Å². The smallest absolute Gasteiger partial charge is 0.0345 e.